The number of aromatic nitrogens is 1. The summed E-state index contributed by atoms with van der Waals surface area (Å²) < 4.78 is 0. The van der Waals surface area contributed by atoms with E-state index in [9.17, 15) is 0 Å². The summed E-state index contributed by atoms with van der Waals surface area (Å²) in [6.07, 6.45) is 2.67. The zero-order valence-corrected chi connectivity index (χ0v) is 9.91. The van der Waals surface area contributed by atoms with Gasteiger partial charge in [-0.05, 0) is 38.8 Å². The first-order valence-electron chi connectivity index (χ1n) is 5.23. The maximum absolute atomic E-state index is 5.95. The molecule has 0 aliphatic heterocycles. The molecule has 15 heavy (non-hydrogen) atoms. The van der Waals surface area contributed by atoms with Crippen molar-refractivity contribution in [2.75, 3.05) is 0 Å². The van der Waals surface area contributed by atoms with Crippen molar-refractivity contribution in [2.24, 2.45) is 10.7 Å². The van der Waals surface area contributed by atoms with Crippen molar-refractivity contribution in [1.29, 1.82) is 0 Å². The first-order valence-corrected chi connectivity index (χ1v) is 5.23. The Balaban J connectivity index is 3.11. The summed E-state index contributed by atoms with van der Waals surface area (Å²) >= 11 is 0. The summed E-state index contributed by atoms with van der Waals surface area (Å²) in [6.45, 7) is 8.15. The van der Waals surface area contributed by atoms with E-state index in [4.69, 9.17) is 5.73 Å². The van der Waals surface area contributed by atoms with Crippen LogP contribution in [0.25, 0.3) is 0 Å². The minimum Gasteiger partial charge on any atom is -0.382 e. The molecule has 0 aliphatic rings. The van der Waals surface area contributed by atoms with Gasteiger partial charge in [0, 0.05) is 6.20 Å². The molecular formula is C12H19N3. The first kappa shape index (κ1) is 11.7. The lowest BCUT2D eigenvalue weighted by molar-refractivity contribution is 0.583. The minimum atomic E-state index is -0.160. The Morgan fingerprint density at radius 3 is 2.67 bits per heavy atom. The Morgan fingerprint density at radius 2 is 2.13 bits per heavy atom. The lowest BCUT2D eigenvalue weighted by atomic mass is 10.1. The van der Waals surface area contributed by atoms with Gasteiger partial charge >= 0.3 is 0 Å². The molecule has 1 rings (SSSR count). The zero-order chi connectivity index (χ0) is 11.5. The van der Waals surface area contributed by atoms with Gasteiger partial charge < -0.3 is 5.73 Å². The van der Waals surface area contributed by atoms with Gasteiger partial charge in [-0.15, -0.1) is 0 Å². The minimum absolute atomic E-state index is 0.160. The second-order valence-corrected chi connectivity index (χ2v) is 4.53. The molecular weight excluding hydrogens is 186 g/mol. The number of amidine groups is 1. The molecule has 0 bridgehead atoms. The molecule has 0 atom stereocenters. The smallest absolute Gasteiger partial charge is 0.145 e. The first-order chi connectivity index (χ1) is 6.94. The van der Waals surface area contributed by atoms with Crippen LogP contribution in [-0.4, -0.2) is 16.4 Å². The van der Waals surface area contributed by atoms with Gasteiger partial charge in [-0.2, -0.15) is 0 Å². The zero-order valence-electron chi connectivity index (χ0n) is 9.91. The van der Waals surface area contributed by atoms with Crippen molar-refractivity contribution in [3.63, 3.8) is 0 Å². The third-order valence-electron chi connectivity index (χ3n) is 1.97. The highest BCUT2D eigenvalue weighted by Gasteiger charge is 2.11. The van der Waals surface area contributed by atoms with Gasteiger partial charge in [0.15, 0.2) is 0 Å². The van der Waals surface area contributed by atoms with Crippen LogP contribution in [0.15, 0.2) is 23.3 Å². The van der Waals surface area contributed by atoms with E-state index in [1.807, 2.05) is 32.9 Å². The van der Waals surface area contributed by atoms with Crippen LogP contribution in [0.4, 0.5) is 0 Å². The monoisotopic (exact) mass is 205 g/mol. The van der Waals surface area contributed by atoms with Gasteiger partial charge in [-0.25, -0.2) is 0 Å². The van der Waals surface area contributed by atoms with E-state index in [0.717, 1.165) is 17.7 Å². The van der Waals surface area contributed by atoms with Crippen LogP contribution in [0.3, 0.4) is 0 Å². The lowest BCUT2D eigenvalue weighted by Crippen LogP contribution is -2.23. The molecule has 0 unspecified atom stereocenters. The van der Waals surface area contributed by atoms with Crippen LogP contribution in [0.5, 0.6) is 0 Å². The van der Waals surface area contributed by atoms with E-state index in [1.54, 1.807) is 6.20 Å². The number of aryl methyl sites for hydroxylation is 1. The van der Waals surface area contributed by atoms with Gasteiger partial charge in [-0.3, -0.25) is 9.98 Å². The van der Waals surface area contributed by atoms with Crippen LogP contribution < -0.4 is 5.73 Å². The number of hydrogen-bond donors (Lipinski definition) is 1. The normalized spacial score (nSPS) is 12.9. The fraction of sp³-hybridized carbons (Fsp3) is 0.500. The quantitative estimate of drug-likeness (QED) is 0.594. The van der Waals surface area contributed by atoms with Crippen molar-refractivity contribution in [3.05, 3.63) is 29.6 Å². The summed E-state index contributed by atoms with van der Waals surface area (Å²) in [4.78, 5) is 8.70. The summed E-state index contributed by atoms with van der Waals surface area (Å²) in [7, 11) is 0. The van der Waals surface area contributed by atoms with E-state index in [-0.39, 0.29) is 5.54 Å². The van der Waals surface area contributed by atoms with Crippen molar-refractivity contribution in [1.82, 2.24) is 4.98 Å². The Hall–Kier alpha value is -1.38. The van der Waals surface area contributed by atoms with Crippen LogP contribution >= 0.6 is 0 Å². The molecule has 3 heteroatoms. The maximum atomic E-state index is 5.95. The van der Waals surface area contributed by atoms with Gasteiger partial charge in [0.2, 0.25) is 0 Å². The average Bonchev–Trinajstić information content (AvgIpc) is 2.15. The van der Waals surface area contributed by atoms with Crippen molar-refractivity contribution >= 4 is 5.84 Å². The Kier molecular flexibility index (Phi) is 3.45. The van der Waals surface area contributed by atoms with Crippen LogP contribution in [-0.2, 0) is 6.42 Å². The summed E-state index contributed by atoms with van der Waals surface area (Å²) in [5.74, 6) is 0.528. The molecule has 0 amide bonds. The largest absolute Gasteiger partial charge is 0.382 e. The van der Waals surface area contributed by atoms with Crippen LogP contribution in [0.1, 0.15) is 39.0 Å². The molecule has 1 aromatic heterocycles. The molecule has 0 spiro atoms. The van der Waals surface area contributed by atoms with Crippen molar-refractivity contribution < 1.29 is 0 Å². The number of pyridine rings is 1. The number of rotatable bonds is 2. The van der Waals surface area contributed by atoms with E-state index in [0.29, 0.717) is 5.84 Å². The Labute approximate surface area is 91.4 Å². The maximum Gasteiger partial charge on any atom is 0.145 e. The molecule has 1 heterocycles. The second-order valence-electron chi connectivity index (χ2n) is 4.53. The van der Waals surface area contributed by atoms with Gasteiger partial charge in [0.1, 0.15) is 11.5 Å². The van der Waals surface area contributed by atoms with E-state index >= 15 is 0 Å². The number of hydrogen-bond acceptors (Lipinski definition) is 2. The molecule has 2 N–H and O–H groups in total. The predicted molar refractivity (Wildman–Crippen MR) is 64.1 cm³/mol. The van der Waals surface area contributed by atoms with E-state index < -0.39 is 0 Å². The molecule has 0 aromatic carbocycles. The highest BCUT2D eigenvalue weighted by atomic mass is 14.9. The summed E-state index contributed by atoms with van der Waals surface area (Å²) in [5, 5.41) is 0. The molecule has 1 aromatic rings. The number of aliphatic imine (C=N–C) groups is 1. The third kappa shape index (κ3) is 3.35. The SMILES string of the molecule is CCc1cccnc1C(N)=NC(C)(C)C. The molecule has 0 radical (unpaired) electrons. The van der Waals surface area contributed by atoms with Crippen molar-refractivity contribution in [2.45, 2.75) is 39.7 Å². The topological polar surface area (TPSA) is 51.3 Å². The molecule has 0 fully saturated rings. The van der Waals surface area contributed by atoms with E-state index in [2.05, 4.69) is 16.9 Å². The van der Waals surface area contributed by atoms with Gasteiger partial charge in [0.25, 0.3) is 0 Å². The average molecular weight is 205 g/mol. The van der Waals surface area contributed by atoms with Crippen LogP contribution in [0, 0.1) is 0 Å². The molecule has 0 saturated heterocycles. The van der Waals surface area contributed by atoms with Gasteiger partial charge in [0.05, 0.1) is 5.54 Å². The standard InChI is InChI=1S/C12H19N3/c1-5-9-7-6-8-14-10(9)11(13)15-12(2,3)4/h6-8H,5H2,1-4H3,(H2,13,15). The highest BCUT2D eigenvalue weighted by molar-refractivity contribution is 5.97. The van der Waals surface area contributed by atoms with E-state index in [1.165, 1.54) is 0 Å². The fourth-order valence-corrected chi connectivity index (χ4v) is 1.37. The number of nitrogens with two attached hydrogens (primary N) is 1. The summed E-state index contributed by atoms with van der Waals surface area (Å²) in [5.41, 5.74) is 7.74. The fourth-order valence-electron chi connectivity index (χ4n) is 1.37. The summed E-state index contributed by atoms with van der Waals surface area (Å²) in [6, 6.07) is 3.96. The molecule has 82 valence electrons. The highest BCUT2D eigenvalue weighted by Crippen LogP contribution is 2.11. The predicted octanol–water partition coefficient (Wildman–Crippen LogP) is 2.15. The lowest BCUT2D eigenvalue weighted by Gasteiger charge is -2.14. The Morgan fingerprint density at radius 1 is 1.47 bits per heavy atom. The molecule has 0 saturated carbocycles. The third-order valence-corrected chi connectivity index (χ3v) is 1.97. The van der Waals surface area contributed by atoms with Crippen molar-refractivity contribution in [3.8, 4) is 0 Å². The second kappa shape index (κ2) is 4.43. The molecule has 3 nitrogen and oxygen atoms in total. The molecule has 0 aliphatic carbocycles. The van der Waals surface area contributed by atoms with Gasteiger partial charge in [-0.1, -0.05) is 13.0 Å². The Bertz CT molecular complexity index is 361. The van der Waals surface area contributed by atoms with Crippen LogP contribution in [0.2, 0.25) is 0 Å². The number of nitrogens with zero attached hydrogens (tertiary/aromatic N) is 2.